The molecule has 0 aliphatic heterocycles. The number of amides is 1. The fourth-order valence-electron chi connectivity index (χ4n) is 1.30. The molecule has 0 aromatic carbocycles. The molecule has 2 N–H and O–H groups in total. The first-order valence-electron chi connectivity index (χ1n) is 5.12. The lowest BCUT2D eigenvalue weighted by Crippen LogP contribution is -2.40. The second-order valence-corrected chi connectivity index (χ2v) is 4.13. The second kappa shape index (κ2) is 6.24. The first-order chi connectivity index (χ1) is 8.10. The molecule has 0 fully saturated rings. The summed E-state index contributed by atoms with van der Waals surface area (Å²) in [5.41, 5.74) is 0.403. The maximum Gasteiger partial charge on any atom is 0.326 e. The van der Waals surface area contributed by atoms with E-state index in [1.54, 1.807) is 25.3 Å². The lowest BCUT2D eigenvalue weighted by molar-refractivity contribution is -0.139. The highest BCUT2D eigenvalue weighted by Crippen LogP contribution is 2.16. The van der Waals surface area contributed by atoms with Crippen LogP contribution in [0.4, 0.5) is 0 Å². The number of nitrogens with one attached hydrogen (secondary N) is 1. The summed E-state index contributed by atoms with van der Waals surface area (Å²) in [5, 5.41) is 11.9. The Balaban J connectivity index is 2.86. The molecule has 0 saturated carbocycles. The molecule has 1 atom stereocenters. The number of hydrogen-bond donors (Lipinski definition) is 2. The molecule has 0 spiro atoms. The van der Waals surface area contributed by atoms with E-state index in [0.29, 0.717) is 17.0 Å². The Morgan fingerprint density at radius 2 is 2.29 bits per heavy atom. The van der Waals surface area contributed by atoms with E-state index >= 15 is 0 Å². The van der Waals surface area contributed by atoms with E-state index in [9.17, 15) is 9.59 Å². The summed E-state index contributed by atoms with van der Waals surface area (Å²) >= 11 is 1.35. The number of nitrogens with zero attached hydrogens (tertiary/aromatic N) is 1. The van der Waals surface area contributed by atoms with Gasteiger partial charge in [-0.1, -0.05) is 6.92 Å². The molecule has 1 aromatic rings. The van der Waals surface area contributed by atoms with E-state index < -0.39 is 17.9 Å². The third kappa shape index (κ3) is 3.45. The van der Waals surface area contributed by atoms with Gasteiger partial charge < -0.3 is 10.4 Å². The first kappa shape index (κ1) is 13.5. The van der Waals surface area contributed by atoms with E-state index in [1.165, 1.54) is 11.8 Å². The summed E-state index contributed by atoms with van der Waals surface area (Å²) in [5.74, 6) is -1.44. The van der Waals surface area contributed by atoms with Crippen molar-refractivity contribution in [2.45, 2.75) is 24.4 Å². The van der Waals surface area contributed by atoms with Crippen LogP contribution in [0.25, 0.3) is 0 Å². The molecule has 1 unspecified atom stereocenters. The lowest BCUT2D eigenvalue weighted by Gasteiger charge is -2.13. The SMILES string of the molecule is CCC(NC(=O)c1cccnc1SC)C(=O)O. The van der Waals surface area contributed by atoms with E-state index in [2.05, 4.69) is 10.3 Å². The van der Waals surface area contributed by atoms with Crippen molar-refractivity contribution in [1.29, 1.82) is 0 Å². The Kier molecular flexibility index (Phi) is 4.96. The number of hydrogen-bond acceptors (Lipinski definition) is 4. The van der Waals surface area contributed by atoms with Gasteiger partial charge >= 0.3 is 5.97 Å². The standard InChI is InChI=1S/C11H14N2O3S/c1-3-8(11(15)16)13-9(14)7-5-4-6-12-10(7)17-2/h4-6,8H,3H2,1-2H3,(H,13,14)(H,15,16). The van der Waals surface area contributed by atoms with Crippen LogP contribution in [0.15, 0.2) is 23.4 Å². The largest absolute Gasteiger partial charge is 0.480 e. The monoisotopic (exact) mass is 254 g/mol. The Labute approximate surface area is 104 Å². The number of rotatable bonds is 5. The highest BCUT2D eigenvalue weighted by Gasteiger charge is 2.20. The van der Waals surface area contributed by atoms with Gasteiger partial charge in [0.25, 0.3) is 5.91 Å². The van der Waals surface area contributed by atoms with Gasteiger partial charge in [-0.05, 0) is 24.8 Å². The molecule has 1 rings (SSSR count). The maximum atomic E-state index is 11.9. The van der Waals surface area contributed by atoms with Crippen LogP contribution in [0.2, 0.25) is 0 Å². The fraction of sp³-hybridized carbons (Fsp3) is 0.364. The van der Waals surface area contributed by atoms with Gasteiger partial charge in [-0.3, -0.25) is 4.79 Å². The van der Waals surface area contributed by atoms with Gasteiger partial charge in [0, 0.05) is 6.20 Å². The minimum atomic E-state index is -1.03. The average molecular weight is 254 g/mol. The molecule has 0 bridgehead atoms. The number of carbonyl (C=O) groups excluding carboxylic acids is 1. The molecule has 6 heteroatoms. The number of carboxylic acid groups (broad SMARTS) is 1. The van der Waals surface area contributed by atoms with Crippen molar-refractivity contribution in [1.82, 2.24) is 10.3 Å². The van der Waals surface area contributed by atoms with Crippen molar-refractivity contribution in [2.75, 3.05) is 6.26 Å². The third-order valence-corrected chi connectivity index (χ3v) is 2.93. The number of aliphatic carboxylic acids is 1. The maximum absolute atomic E-state index is 11.9. The van der Waals surface area contributed by atoms with Gasteiger partial charge in [-0.15, -0.1) is 11.8 Å². The number of carbonyl (C=O) groups is 2. The van der Waals surface area contributed by atoms with E-state index in [-0.39, 0.29) is 0 Å². The number of thioether (sulfide) groups is 1. The van der Waals surface area contributed by atoms with Crippen molar-refractivity contribution in [2.24, 2.45) is 0 Å². The lowest BCUT2D eigenvalue weighted by atomic mass is 10.2. The number of carboxylic acids is 1. The first-order valence-corrected chi connectivity index (χ1v) is 6.35. The van der Waals surface area contributed by atoms with Crippen molar-refractivity contribution >= 4 is 23.6 Å². The van der Waals surface area contributed by atoms with Gasteiger partial charge in [0.1, 0.15) is 11.1 Å². The Morgan fingerprint density at radius 3 is 2.82 bits per heavy atom. The Morgan fingerprint density at radius 1 is 1.59 bits per heavy atom. The summed E-state index contributed by atoms with van der Waals surface area (Å²) in [7, 11) is 0. The predicted octanol–water partition coefficient (Wildman–Crippen LogP) is 1.40. The van der Waals surface area contributed by atoms with Crippen LogP contribution >= 0.6 is 11.8 Å². The molecular weight excluding hydrogens is 240 g/mol. The zero-order chi connectivity index (χ0) is 12.8. The Hall–Kier alpha value is -1.56. The molecule has 0 aliphatic rings. The topological polar surface area (TPSA) is 79.3 Å². The molecular formula is C11H14N2O3S. The quantitative estimate of drug-likeness (QED) is 0.776. The zero-order valence-corrected chi connectivity index (χ0v) is 10.5. The molecule has 0 radical (unpaired) electrons. The van der Waals surface area contributed by atoms with E-state index in [1.807, 2.05) is 6.26 Å². The van der Waals surface area contributed by atoms with Crippen molar-refractivity contribution in [3.8, 4) is 0 Å². The number of pyridine rings is 1. The minimum absolute atomic E-state index is 0.343. The second-order valence-electron chi connectivity index (χ2n) is 3.33. The van der Waals surface area contributed by atoms with Crippen LogP contribution in [-0.2, 0) is 4.79 Å². The third-order valence-electron chi connectivity index (χ3n) is 2.22. The highest BCUT2D eigenvalue weighted by molar-refractivity contribution is 7.98. The summed E-state index contributed by atoms with van der Waals surface area (Å²) in [4.78, 5) is 26.7. The van der Waals surface area contributed by atoms with Crippen molar-refractivity contribution in [3.63, 3.8) is 0 Å². The summed E-state index contributed by atoms with van der Waals surface area (Å²) in [6.45, 7) is 1.71. The zero-order valence-electron chi connectivity index (χ0n) is 9.64. The Bertz CT molecular complexity index is 423. The number of aromatic nitrogens is 1. The van der Waals surface area contributed by atoms with Crippen molar-refractivity contribution in [3.05, 3.63) is 23.9 Å². The molecule has 0 aliphatic carbocycles. The van der Waals surface area contributed by atoms with Crippen LogP contribution in [0.1, 0.15) is 23.7 Å². The fourth-order valence-corrected chi connectivity index (χ4v) is 1.85. The van der Waals surface area contributed by atoms with Gasteiger partial charge in [0.2, 0.25) is 0 Å². The molecule has 17 heavy (non-hydrogen) atoms. The summed E-state index contributed by atoms with van der Waals surface area (Å²) in [6, 6.07) is 2.41. The highest BCUT2D eigenvalue weighted by atomic mass is 32.2. The van der Waals surface area contributed by atoms with Crippen LogP contribution in [0, 0.1) is 0 Å². The van der Waals surface area contributed by atoms with E-state index in [0.717, 1.165) is 0 Å². The molecule has 5 nitrogen and oxygen atoms in total. The normalized spacial score (nSPS) is 11.9. The molecule has 1 heterocycles. The van der Waals surface area contributed by atoms with Gasteiger partial charge in [-0.25, -0.2) is 9.78 Å². The average Bonchev–Trinajstić information content (AvgIpc) is 2.35. The molecule has 0 saturated heterocycles. The smallest absolute Gasteiger partial charge is 0.326 e. The van der Waals surface area contributed by atoms with Crippen LogP contribution < -0.4 is 5.32 Å². The van der Waals surface area contributed by atoms with Crippen molar-refractivity contribution < 1.29 is 14.7 Å². The van der Waals surface area contributed by atoms with Gasteiger partial charge in [0.15, 0.2) is 0 Å². The summed E-state index contributed by atoms with van der Waals surface area (Å²) in [6.07, 6.45) is 3.75. The van der Waals surface area contributed by atoms with Gasteiger partial charge in [0.05, 0.1) is 5.56 Å². The molecule has 1 amide bonds. The van der Waals surface area contributed by atoms with Gasteiger partial charge in [-0.2, -0.15) is 0 Å². The minimum Gasteiger partial charge on any atom is -0.480 e. The molecule has 92 valence electrons. The summed E-state index contributed by atoms with van der Waals surface area (Å²) < 4.78 is 0. The van der Waals surface area contributed by atoms with Crippen LogP contribution in [0.5, 0.6) is 0 Å². The molecule has 1 aromatic heterocycles. The predicted molar refractivity (Wildman–Crippen MR) is 65.2 cm³/mol. The van der Waals surface area contributed by atoms with Crippen LogP contribution in [0.3, 0.4) is 0 Å². The van der Waals surface area contributed by atoms with E-state index in [4.69, 9.17) is 5.11 Å². The van der Waals surface area contributed by atoms with Crippen LogP contribution in [-0.4, -0.2) is 34.3 Å².